The van der Waals surface area contributed by atoms with E-state index in [0.717, 1.165) is 4.90 Å². The van der Waals surface area contributed by atoms with Crippen molar-refractivity contribution < 1.29 is 33.0 Å². The number of rotatable bonds is 7. The minimum atomic E-state index is -1.05. The van der Waals surface area contributed by atoms with Crippen LogP contribution in [0.5, 0.6) is 11.5 Å². The summed E-state index contributed by atoms with van der Waals surface area (Å²) in [6.07, 6.45) is 0. The number of anilines is 2. The van der Waals surface area contributed by atoms with E-state index in [1.807, 2.05) is 0 Å². The van der Waals surface area contributed by atoms with Gasteiger partial charge in [-0.05, 0) is 37.3 Å². The molecule has 0 saturated carbocycles. The van der Waals surface area contributed by atoms with Crippen molar-refractivity contribution in [1.82, 2.24) is 4.90 Å². The summed E-state index contributed by atoms with van der Waals surface area (Å²) in [4.78, 5) is 53.9. The number of para-hydroxylation sites is 1. The van der Waals surface area contributed by atoms with E-state index in [4.69, 9.17) is 9.47 Å². The fourth-order valence-corrected chi connectivity index (χ4v) is 4.25. The van der Waals surface area contributed by atoms with Gasteiger partial charge in [0.15, 0.2) is 11.5 Å². The quantitative estimate of drug-likeness (QED) is 0.497. The second-order valence-corrected chi connectivity index (χ2v) is 8.58. The van der Waals surface area contributed by atoms with Crippen LogP contribution in [0.3, 0.4) is 0 Å². The molecule has 2 heterocycles. The maximum atomic E-state index is 14.5. The Hall–Kier alpha value is -4.73. The van der Waals surface area contributed by atoms with Crippen molar-refractivity contribution >= 4 is 34.9 Å². The van der Waals surface area contributed by atoms with E-state index in [9.17, 15) is 23.6 Å². The summed E-state index contributed by atoms with van der Waals surface area (Å²) in [5.74, 6) is -2.23. The van der Waals surface area contributed by atoms with E-state index < -0.39 is 41.9 Å². The first-order valence-electron chi connectivity index (χ1n) is 11.5. The van der Waals surface area contributed by atoms with Gasteiger partial charge in [-0.15, -0.1) is 0 Å². The van der Waals surface area contributed by atoms with Gasteiger partial charge in [0.2, 0.25) is 18.6 Å². The zero-order chi connectivity index (χ0) is 26.1. The predicted molar refractivity (Wildman–Crippen MR) is 131 cm³/mol. The molecule has 0 fully saturated rings. The van der Waals surface area contributed by atoms with Crippen LogP contribution in [-0.2, 0) is 20.9 Å². The van der Waals surface area contributed by atoms with E-state index >= 15 is 0 Å². The summed E-state index contributed by atoms with van der Waals surface area (Å²) in [6, 6.07) is 16.1. The molecule has 5 rings (SSSR count). The molecule has 188 valence electrons. The second kappa shape index (κ2) is 9.73. The Bertz CT molecular complexity index is 1420. The van der Waals surface area contributed by atoms with Crippen LogP contribution in [-0.4, -0.2) is 47.8 Å². The van der Waals surface area contributed by atoms with Gasteiger partial charge in [-0.1, -0.05) is 30.3 Å². The molecule has 1 atom stereocenters. The first-order valence-corrected chi connectivity index (χ1v) is 11.5. The molecule has 0 aromatic heterocycles. The molecule has 3 aromatic rings. The van der Waals surface area contributed by atoms with Crippen LogP contribution >= 0.6 is 0 Å². The Morgan fingerprint density at radius 1 is 1.03 bits per heavy atom. The number of halogens is 1. The smallest absolute Gasteiger partial charge is 0.299 e. The Balaban J connectivity index is 1.39. The SMILES string of the molecule is CC(C(=O)Nc1ccc2c(c1)OCO2)N(Cc1ccccc1F)C(=O)CN1C(=O)C(=O)c2ccccc21. The fraction of sp³-hybridized carbons (Fsp3) is 0.185. The molecule has 1 unspecified atom stereocenters. The van der Waals surface area contributed by atoms with Crippen LogP contribution in [0, 0.1) is 5.82 Å². The highest BCUT2D eigenvalue weighted by atomic mass is 19.1. The molecular formula is C27H22FN3O6. The van der Waals surface area contributed by atoms with Gasteiger partial charge in [0.25, 0.3) is 11.7 Å². The highest BCUT2D eigenvalue weighted by molar-refractivity contribution is 6.52. The molecule has 0 spiro atoms. The van der Waals surface area contributed by atoms with Gasteiger partial charge in [-0.2, -0.15) is 0 Å². The summed E-state index contributed by atoms with van der Waals surface area (Å²) >= 11 is 0. The molecule has 0 saturated heterocycles. The number of Topliss-reactive ketones (excluding diaryl/α,β-unsaturated/α-hetero) is 1. The topological polar surface area (TPSA) is 105 Å². The van der Waals surface area contributed by atoms with Gasteiger partial charge < -0.3 is 19.7 Å². The van der Waals surface area contributed by atoms with Crippen molar-refractivity contribution in [3.63, 3.8) is 0 Å². The molecule has 37 heavy (non-hydrogen) atoms. The van der Waals surface area contributed by atoms with Gasteiger partial charge in [-0.25, -0.2) is 4.39 Å². The summed E-state index contributed by atoms with van der Waals surface area (Å²) in [5.41, 5.74) is 1.14. The molecule has 3 aromatic carbocycles. The van der Waals surface area contributed by atoms with Crippen LogP contribution in [0.4, 0.5) is 15.8 Å². The van der Waals surface area contributed by atoms with E-state index in [1.54, 1.807) is 42.5 Å². The first-order chi connectivity index (χ1) is 17.8. The first kappa shape index (κ1) is 24.0. The lowest BCUT2D eigenvalue weighted by molar-refractivity contribution is -0.138. The Morgan fingerprint density at radius 3 is 2.57 bits per heavy atom. The zero-order valence-electron chi connectivity index (χ0n) is 19.8. The number of hydrogen-bond donors (Lipinski definition) is 1. The number of ether oxygens (including phenoxy) is 2. The number of nitrogens with zero attached hydrogens (tertiary/aromatic N) is 2. The molecule has 10 heteroatoms. The average molecular weight is 503 g/mol. The van der Waals surface area contributed by atoms with Crippen molar-refractivity contribution in [3.8, 4) is 11.5 Å². The molecular weight excluding hydrogens is 481 g/mol. The van der Waals surface area contributed by atoms with Crippen molar-refractivity contribution in [2.24, 2.45) is 0 Å². The third-order valence-corrected chi connectivity index (χ3v) is 6.28. The van der Waals surface area contributed by atoms with Gasteiger partial charge >= 0.3 is 0 Å². The molecule has 9 nitrogen and oxygen atoms in total. The van der Waals surface area contributed by atoms with E-state index in [0.29, 0.717) is 22.9 Å². The Labute approximate surface area is 211 Å². The zero-order valence-corrected chi connectivity index (χ0v) is 19.8. The lowest BCUT2D eigenvalue weighted by Crippen LogP contribution is -2.49. The summed E-state index contributed by atoms with van der Waals surface area (Å²) in [5, 5.41) is 2.74. The molecule has 2 aliphatic heterocycles. The number of amides is 3. The number of nitrogens with one attached hydrogen (secondary N) is 1. The van der Waals surface area contributed by atoms with Crippen LogP contribution in [0.25, 0.3) is 0 Å². The highest BCUT2D eigenvalue weighted by Crippen LogP contribution is 2.34. The van der Waals surface area contributed by atoms with Crippen molar-refractivity contribution in [1.29, 1.82) is 0 Å². The summed E-state index contributed by atoms with van der Waals surface area (Å²) in [6.45, 7) is 0.872. The number of hydrogen-bond acceptors (Lipinski definition) is 6. The molecule has 0 bridgehead atoms. The summed E-state index contributed by atoms with van der Waals surface area (Å²) < 4.78 is 25.1. The predicted octanol–water partition coefficient (Wildman–Crippen LogP) is 3.14. The Kier molecular flexibility index (Phi) is 6.31. The lowest BCUT2D eigenvalue weighted by Gasteiger charge is -2.30. The van der Waals surface area contributed by atoms with Crippen LogP contribution in [0.1, 0.15) is 22.8 Å². The van der Waals surface area contributed by atoms with E-state index in [-0.39, 0.29) is 24.5 Å². The molecule has 0 aliphatic carbocycles. The number of ketones is 1. The molecule has 0 radical (unpaired) electrons. The number of benzene rings is 3. The van der Waals surface area contributed by atoms with Crippen LogP contribution < -0.4 is 19.7 Å². The third kappa shape index (κ3) is 4.61. The third-order valence-electron chi connectivity index (χ3n) is 6.28. The largest absolute Gasteiger partial charge is 0.454 e. The van der Waals surface area contributed by atoms with Gasteiger partial charge in [-0.3, -0.25) is 24.1 Å². The standard InChI is InChI=1S/C27H22FN3O6/c1-16(26(34)29-18-10-11-22-23(12-18)37-15-36-22)30(13-17-6-2-4-8-20(17)28)24(32)14-31-21-9-5-3-7-19(21)25(33)27(31)35/h2-12,16H,13-15H2,1H3,(H,29,34). The average Bonchev–Trinajstić information content (AvgIpc) is 3.46. The Morgan fingerprint density at radius 2 is 1.76 bits per heavy atom. The van der Waals surface area contributed by atoms with Gasteiger partial charge in [0, 0.05) is 23.9 Å². The molecule has 3 amide bonds. The van der Waals surface area contributed by atoms with Gasteiger partial charge in [0.05, 0.1) is 11.3 Å². The van der Waals surface area contributed by atoms with Crippen molar-refractivity contribution in [2.45, 2.75) is 19.5 Å². The maximum absolute atomic E-state index is 14.5. The highest BCUT2D eigenvalue weighted by Gasteiger charge is 2.38. The van der Waals surface area contributed by atoms with Crippen LogP contribution in [0.15, 0.2) is 66.7 Å². The fourth-order valence-electron chi connectivity index (χ4n) is 4.25. The minimum Gasteiger partial charge on any atom is -0.454 e. The monoisotopic (exact) mass is 503 g/mol. The van der Waals surface area contributed by atoms with E-state index in [1.165, 1.54) is 36.1 Å². The second-order valence-electron chi connectivity index (χ2n) is 8.58. The lowest BCUT2D eigenvalue weighted by atomic mass is 10.1. The molecule has 2 aliphatic rings. The van der Waals surface area contributed by atoms with Crippen molar-refractivity contribution in [2.75, 3.05) is 23.6 Å². The number of fused-ring (bicyclic) bond motifs is 2. The molecule has 1 N–H and O–H groups in total. The number of carbonyl (C=O) groups is 4. The maximum Gasteiger partial charge on any atom is 0.299 e. The van der Waals surface area contributed by atoms with E-state index in [2.05, 4.69) is 5.32 Å². The van der Waals surface area contributed by atoms with Crippen molar-refractivity contribution in [3.05, 3.63) is 83.7 Å². The number of carbonyl (C=O) groups excluding carboxylic acids is 4. The summed E-state index contributed by atoms with van der Waals surface area (Å²) in [7, 11) is 0. The minimum absolute atomic E-state index is 0.0783. The van der Waals surface area contributed by atoms with Crippen LogP contribution in [0.2, 0.25) is 0 Å². The van der Waals surface area contributed by atoms with Gasteiger partial charge in [0.1, 0.15) is 18.4 Å². The normalized spacial score (nSPS) is 14.4.